The van der Waals surface area contributed by atoms with E-state index in [0.29, 0.717) is 24.5 Å². The minimum Gasteiger partial charge on any atom is -0.378 e. The Hall–Kier alpha value is -3.19. The second-order valence-corrected chi connectivity index (χ2v) is 6.74. The minimum atomic E-state index is -0.405. The quantitative estimate of drug-likeness (QED) is 0.762. The molecule has 2 aromatic carbocycles. The third-order valence-corrected chi connectivity index (χ3v) is 4.59. The van der Waals surface area contributed by atoms with Crippen LogP contribution in [0.1, 0.15) is 5.56 Å². The molecule has 1 aliphatic rings. The van der Waals surface area contributed by atoms with Gasteiger partial charge in [-0.05, 0) is 36.4 Å². The summed E-state index contributed by atoms with van der Waals surface area (Å²) < 4.78 is 18.9. The van der Waals surface area contributed by atoms with Crippen molar-refractivity contribution < 1.29 is 18.7 Å². The molecular weight excluding hydrogens is 373 g/mol. The fraction of sp³-hybridized carbons (Fsp3) is 0.273. The predicted molar refractivity (Wildman–Crippen MR) is 111 cm³/mol. The van der Waals surface area contributed by atoms with Crippen molar-refractivity contribution in [1.29, 1.82) is 0 Å². The molecule has 6 nitrogen and oxygen atoms in total. The van der Waals surface area contributed by atoms with Gasteiger partial charge in [0.25, 0.3) is 0 Å². The van der Waals surface area contributed by atoms with Crippen LogP contribution in [0, 0.1) is 5.82 Å². The molecule has 1 fully saturated rings. The standard InChI is InChI=1S/C22H24FN3O3/c1-25(22(28)11-6-17-4-2-3-5-20(17)23)16-21(27)24-18-7-9-19(10-8-18)26-12-14-29-15-13-26/h2-11H,12-16H2,1H3,(H,24,27). The molecule has 29 heavy (non-hydrogen) atoms. The highest BCUT2D eigenvalue weighted by atomic mass is 19.1. The number of rotatable bonds is 6. The molecule has 0 saturated carbocycles. The molecule has 2 amide bonds. The van der Waals surface area contributed by atoms with Crippen LogP contribution in [0.2, 0.25) is 0 Å². The molecule has 0 atom stereocenters. The number of hydrogen-bond acceptors (Lipinski definition) is 4. The number of carbonyl (C=O) groups excluding carboxylic acids is 2. The highest BCUT2D eigenvalue weighted by Crippen LogP contribution is 2.19. The second-order valence-electron chi connectivity index (χ2n) is 6.74. The van der Waals surface area contributed by atoms with E-state index < -0.39 is 5.82 Å². The monoisotopic (exact) mass is 397 g/mol. The summed E-state index contributed by atoms with van der Waals surface area (Å²) in [7, 11) is 1.52. The topological polar surface area (TPSA) is 61.9 Å². The van der Waals surface area contributed by atoms with Crippen molar-refractivity contribution in [3.05, 3.63) is 66.0 Å². The zero-order valence-electron chi connectivity index (χ0n) is 16.3. The molecule has 0 radical (unpaired) electrons. The maximum absolute atomic E-state index is 13.6. The van der Waals surface area contributed by atoms with Crippen LogP contribution in [-0.4, -0.2) is 56.6 Å². The van der Waals surface area contributed by atoms with Crippen molar-refractivity contribution in [2.75, 3.05) is 50.1 Å². The van der Waals surface area contributed by atoms with Gasteiger partial charge in [0.05, 0.1) is 19.8 Å². The van der Waals surface area contributed by atoms with Crippen molar-refractivity contribution in [2.45, 2.75) is 0 Å². The number of anilines is 2. The van der Waals surface area contributed by atoms with E-state index in [2.05, 4.69) is 10.2 Å². The number of amides is 2. The van der Waals surface area contributed by atoms with Crippen LogP contribution in [0.4, 0.5) is 15.8 Å². The molecule has 1 heterocycles. The Morgan fingerprint density at radius 2 is 1.83 bits per heavy atom. The highest BCUT2D eigenvalue weighted by molar-refractivity contribution is 5.98. The smallest absolute Gasteiger partial charge is 0.246 e. The van der Waals surface area contributed by atoms with Gasteiger partial charge >= 0.3 is 0 Å². The first-order chi connectivity index (χ1) is 14.0. The third-order valence-electron chi connectivity index (χ3n) is 4.59. The van der Waals surface area contributed by atoms with Gasteiger partial charge in [0.1, 0.15) is 5.82 Å². The van der Waals surface area contributed by atoms with Gasteiger partial charge in [-0.1, -0.05) is 18.2 Å². The number of nitrogens with one attached hydrogen (secondary N) is 1. The highest BCUT2D eigenvalue weighted by Gasteiger charge is 2.13. The fourth-order valence-electron chi connectivity index (χ4n) is 2.97. The van der Waals surface area contributed by atoms with Crippen LogP contribution in [0.25, 0.3) is 6.08 Å². The van der Waals surface area contributed by atoms with Crippen LogP contribution < -0.4 is 10.2 Å². The van der Waals surface area contributed by atoms with Gasteiger partial charge in [-0.15, -0.1) is 0 Å². The molecule has 3 rings (SSSR count). The van der Waals surface area contributed by atoms with Gasteiger partial charge < -0.3 is 19.9 Å². The van der Waals surface area contributed by atoms with Crippen LogP contribution in [0.5, 0.6) is 0 Å². The largest absolute Gasteiger partial charge is 0.378 e. The van der Waals surface area contributed by atoms with Gasteiger partial charge in [-0.25, -0.2) is 4.39 Å². The Bertz CT molecular complexity index is 877. The number of carbonyl (C=O) groups is 2. The molecule has 0 bridgehead atoms. The summed E-state index contributed by atoms with van der Waals surface area (Å²) in [6.07, 6.45) is 2.65. The van der Waals surface area contributed by atoms with Gasteiger partial charge in [0, 0.05) is 43.2 Å². The molecule has 152 valence electrons. The van der Waals surface area contributed by atoms with Crippen molar-refractivity contribution in [3.63, 3.8) is 0 Å². The summed E-state index contributed by atoms with van der Waals surface area (Å²) in [5, 5.41) is 2.78. The van der Waals surface area contributed by atoms with E-state index in [-0.39, 0.29) is 18.4 Å². The summed E-state index contributed by atoms with van der Waals surface area (Å²) >= 11 is 0. The Balaban J connectivity index is 1.50. The molecule has 1 N–H and O–H groups in total. The Kier molecular flexibility index (Phi) is 6.97. The van der Waals surface area contributed by atoms with Crippen molar-refractivity contribution in [3.8, 4) is 0 Å². The first-order valence-corrected chi connectivity index (χ1v) is 9.43. The molecule has 0 spiro atoms. The van der Waals surface area contributed by atoms with Crippen molar-refractivity contribution in [2.24, 2.45) is 0 Å². The summed E-state index contributed by atoms with van der Waals surface area (Å²) in [5.41, 5.74) is 2.06. The molecular formula is C22H24FN3O3. The molecule has 0 aromatic heterocycles. The van der Waals surface area contributed by atoms with E-state index in [1.807, 2.05) is 24.3 Å². The molecule has 2 aromatic rings. The van der Waals surface area contributed by atoms with Crippen LogP contribution in [0.15, 0.2) is 54.6 Å². The van der Waals surface area contributed by atoms with E-state index in [1.165, 1.54) is 30.2 Å². The maximum atomic E-state index is 13.6. The van der Waals surface area contributed by atoms with Crippen molar-refractivity contribution >= 4 is 29.3 Å². The summed E-state index contributed by atoms with van der Waals surface area (Å²) in [5.74, 6) is -1.09. The molecule has 1 aliphatic heterocycles. The summed E-state index contributed by atoms with van der Waals surface area (Å²) in [6.45, 7) is 3.01. The zero-order chi connectivity index (χ0) is 20.6. The minimum absolute atomic E-state index is 0.105. The van der Waals surface area contributed by atoms with E-state index in [1.54, 1.807) is 18.2 Å². The number of likely N-dealkylation sites (N-methyl/N-ethyl adjacent to an activating group) is 1. The summed E-state index contributed by atoms with van der Waals surface area (Å²) in [6, 6.07) is 13.7. The van der Waals surface area contributed by atoms with Gasteiger partial charge in [0.15, 0.2) is 0 Å². The van der Waals surface area contributed by atoms with E-state index in [4.69, 9.17) is 4.74 Å². The van der Waals surface area contributed by atoms with Crippen LogP contribution in [0.3, 0.4) is 0 Å². The van der Waals surface area contributed by atoms with Crippen LogP contribution >= 0.6 is 0 Å². The number of ether oxygens (including phenoxy) is 1. The number of benzene rings is 2. The second kappa shape index (κ2) is 9.84. The number of morpholine rings is 1. The number of hydrogen-bond donors (Lipinski definition) is 1. The first-order valence-electron chi connectivity index (χ1n) is 9.43. The van der Waals surface area contributed by atoms with Gasteiger partial charge in [-0.2, -0.15) is 0 Å². The van der Waals surface area contributed by atoms with E-state index >= 15 is 0 Å². The Labute approximate surface area is 169 Å². The van der Waals surface area contributed by atoms with E-state index in [9.17, 15) is 14.0 Å². The number of nitrogens with zero attached hydrogens (tertiary/aromatic N) is 2. The lowest BCUT2D eigenvalue weighted by Gasteiger charge is -2.28. The molecule has 7 heteroatoms. The normalized spacial score (nSPS) is 14.1. The lowest BCUT2D eigenvalue weighted by molar-refractivity contribution is -0.129. The summed E-state index contributed by atoms with van der Waals surface area (Å²) in [4.78, 5) is 27.9. The lowest BCUT2D eigenvalue weighted by atomic mass is 10.2. The zero-order valence-corrected chi connectivity index (χ0v) is 16.3. The number of halogens is 1. The predicted octanol–water partition coefficient (Wildman–Crippen LogP) is 2.77. The lowest BCUT2D eigenvalue weighted by Crippen LogP contribution is -2.36. The molecule has 0 aliphatic carbocycles. The first kappa shape index (κ1) is 20.5. The third kappa shape index (κ3) is 5.89. The molecule has 0 unspecified atom stereocenters. The average Bonchev–Trinajstić information content (AvgIpc) is 2.74. The maximum Gasteiger partial charge on any atom is 0.246 e. The van der Waals surface area contributed by atoms with Gasteiger partial charge in [-0.3, -0.25) is 9.59 Å². The average molecular weight is 397 g/mol. The van der Waals surface area contributed by atoms with Crippen molar-refractivity contribution in [1.82, 2.24) is 4.90 Å². The molecule has 1 saturated heterocycles. The Morgan fingerprint density at radius 1 is 1.14 bits per heavy atom. The van der Waals surface area contributed by atoms with E-state index in [0.717, 1.165) is 18.8 Å². The van der Waals surface area contributed by atoms with Gasteiger partial charge in [0.2, 0.25) is 11.8 Å². The SMILES string of the molecule is CN(CC(=O)Nc1ccc(N2CCOCC2)cc1)C(=O)C=Cc1ccccc1F. The van der Waals surface area contributed by atoms with Crippen LogP contribution in [-0.2, 0) is 14.3 Å². The Morgan fingerprint density at radius 3 is 2.52 bits per heavy atom. The fourth-order valence-corrected chi connectivity index (χ4v) is 2.97.